The SMILES string of the molecule is O=C(COc1ccc(Cl)cc1)NCC(=O)Nc1ccc(C(=O)O)cc1. The summed E-state index contributed by atoms with van der Waals surface area (Å²) in [5, 5.41) is 14.3. The minimum atomic E-state index is -1.05. The predicted octanol–water partition coefficient (Wildman–Crippen LogP) is 2.17. The lowest BCUT2D eigenvalue weighted by Crippen LogP contribution is -2.35. The number of hydrogen-bond donors (Lipinski definition) is 3. The van der Waals surface area contributed by atoms with Crippen LogP contribution in [0.15, 0.2) is 48.5 Å². The van der Waals surface area contributed by atoms with Crippen molar-refractivity contribution >= 4 is 35.1 Å². The van der Waals surface area contributed by atoms with Crippen LogP contribution in [0.3, 0.4) is 0 Å². The molecule has 2 amide bonds. The number of ether oxygens (including phenoxy) is 1. The molecule has 2 aromatic carbocycles. The van der Waals surface area contributed by atoms with E-state index >= 15 is 0 Å². The number of anilines is 1. The van der Waals surface area contributed by atoms with Gasteiger partial charge >= 0.3 is 5.97 Å². The van der Waals surface area contributed by atoms with Gasteiger partial charge in [0.2, 0.25) is 5.91 Å². The summed E-state index contributed by atoms with van der Waals surface area (Å²) in [6, 6.07) is 12.2. The number of benzene rings is 2. The fourth-order valence-corrected chi connectivity index (χ4v) is 1.94. The second kappa shape index (κ2) is 8.70. The number of amides is 2. The number of carboxylic acids is 1. The maximum Gasteiger partial charge on any atom is 0.335 e. The molecule has 25 heavy (non-hydrogen) atoms. The van der Waals surface area contributed by atoms with E-state index < -0.39 is 17.8 Å². The minimum absolute atomic E-state index is 0.116. The lowest BCUT2D eigenvalue weighted by molar-refractivity contribution is -0.125. The predicted molar refractivity (Wildman–Crippen MR) is 92.0 cm³/mol. The zero-order valence-electron chi connectivity index (χ0n) is 13.0. The number of carboxylic acid groups (broad SMARTS) is 1. The van der Waals surface area contributed by atoms with Crippen molar-refractivity contribution in [2.45, 2.75) is 0 Å². The highest BCUT2D eigenvalue weighted by atomic mass is 35.5. The largest absolute Gasteiger partial charge is 0.484 e. The van der Waals surface area contributed by atoms with E-state index in [0.717, 1.165) is 0 Å². The third-order valence-electron chi connectivity index (χ3n) is 3.05. The monoisotopic (exact) mass is 362 g/mol. The molecule has 0 aliphatic carbocycles. The molecule has 0 aliphatic rings. The molecule has 0 saturated heterocycles. The lowest BCUT2D eigenvalue weighted by Gasteiger charge is -2.08. The lowest BCUT2D eigenvalue weighted by atomic mass is 10.2. The number of nitrogens with one attached hydrogen (secondary N) is 2. The number of hydrogen-bond acceptors (Lipinski definition) is 4. The number of carbonyl (C=O) groups excluding carboxylic acids is 2. The molecule has 3 N–H and O–H groups in total. The molecule has 0 heterocycles. The van der Waals surface area contributed by atoms with Crippen LogP contribution in [0.5, 0.6) is 5.75 Å². The van der Waals surface area contributed by atoms with E-state index in [0.29, 0.717) is 16.5 Å². The van der Waals surface area contributed by atoms with E-state index in [1.807, 2.05) is 0 Å². The standard InChI is InChI=1S/C17H15ClN2O5/c18-12-3-7-14(8-4-12)25-10-16(22)19-9-15(21)20-13-5-1-11(2-6-13)17(23)24/h1-8H,9-10H2,(H,19,22)(H,20,21)(H,23,24). The summed E-state index contributed by atoms with van der Waals surface area (Å²) >= 11 is 5.74. The number of halogens is 1. The maximum absolute atomic E-state index is 11.7. The Labute approximate surface area is 148 Å². The second-order valence-electron chi connectivity index (χ2n) is 4.95. The molecule has 2 aromatic rings. The van der Waals surface area contributed by atoms with Gasteiger partial charge in [0.15, 0.2) is 6.61 Å². The average Bonchev–Trinajstić information content (AvgIpc) is 2.60. The smallest absolute Gasteiger partial charge is 0.335 e. The van der Waals surface area contributed by atoms with Crippen LogP contribution in [-0.4, -0.2) is 36.0 Å². The quantitative estimate of drug-likeness (QED) is 0.700. The normalized spacial score (nSPS) is 9.96. The van der Waals surface area contributed by atoms with Crippen LogP contribution in [0, 0.1) is 0 Å². The Morgan fingerprint density at radius 3 is 2.20 bits per heavy atom. The zero-order chi connectivity index (χ0) is 18.2. The van der Waals surface area contributed by atoms with Gasteiger partial charge in [-0.1, -0.05) is 11.6 Å². The highest BCUT2D eigenvalue weighted by Gasteiger charge is 2.08. The van der Waals surface area contributed by atoms with Crippen molar-refractivity contribution in [3.05, 3.63) is 59.1 Å². The zero-order valence-corrected chi connectivity index (χ0v) is 13.7. The van der Waals surface area contributed by atoms with E-state index in [-0.39, 0.29) is 18.7 Å². The first-order chi connectivity index (χ1) is 11.9. The number of carbonyl (C=O) groups is 3. The first kappa shape index (κ1) is 18.3. The molecule has 8 heteroatoms. The Morgan fingerprint density at radius 1 is 0.960 bits per heavy atom. The van der Waals surface area contributed by atoms with Crippen LogP contribution < -0.4 is 15.4 Å². The van der Waals surface area contributed by atoms with Gasteiger partial charge in [-0.25, -0.2) is 4.79 Å². The average molecular weight is 363 g/mol. The van der Waals surface area contributed by atoms with Crippen LogP contribution in [-0.2, 0) is 9.59 Å². The third-order valence-corrected chi connectivity index (χ3v) is 3.30. The fraction of sp³-hybridized carbons (Fsp3) is 0.118. The highest BCUT2D eigenvalue weighted by Crippen LogP contribution is 2.15. The van der Waals surface area contributed by atoms with E-state index in [1.54, 1.807) is 24.3 Å². The minimum Gasteiger partial charge on any atom is -0.484 e. The first-order valence-electron chi connectivity index (χ1n) is 7.22. The van der Waals surface area contributed by atoms with Gasteiger partial charge in [0.25, 0.3) is 5.91 Å². The van der Waals surface area contributed by atoms with Crippen LogP contribution in [0.2, 0.25) is 5.02 Å². The maximum atomic E-state index is 11.7. The van der Waals surface area contributed by atoms with Crippen molar-refractivity contribution in [1.29, 1.82) is 0 Å². The summed E-state index contributed by atoms with van der Waals surface area (Å²) in [5.41, 5.74) is 0.548. The van der Waals surface area contributed by atoms with Crippen LogP contribution >= 0.6 is 11.6 Å². The van der Waals surface area contributed by atoms with Crippen molar-refractivity contribution in [2.24, 2.45) is 0 Å². The van der Waals surface area contributed by atoms with Gasteiger partial charge in [0, 0.05) is 10.7 Å². The molecular formula is C17H15ClN2O5. The molecule has 0 bridgehead atoms. The van der Waals surface area contributed by atoms with Crippen molar-refractivity contribution in [2.75, 3.05) is 18.5 Å². The summed E-state index contributed by atoms with van der Waals surface area (Å²) in [6.45, 7) is -0.467. The summed E-state index contributed by atoms with van der Waals surface area (Å²) < 4.78 is 5.25. The first-order valence-corrected chi connectivity index (χ1v) is 7.60. The van der Waals surface area contributed by atoms with Crippen LogP contribution in [0.25, 0.3) is 0 Å². The Hall–Kier alpha value is -3.06. The van der Waals surface area contributed by atoms with Crippen LogP contribution in [0.4, 0.5) is 5.69 Å². The molecule has 0 aromatic heterocycles. The van der Waals surface area contributed by atoms with E-state index in [2.05, 4.69) is 10.6 Å². The Balaban J connectivity index is 1.72. The van der Waals surface area contributed by atoms with E-state index in [1.165, 1.54) is 24.3 Å². The molecule has 0 atom stereocenters. The van der Waals surface area contributed by atoms with Crippen LogP contribution in [0.1, 0.15) is 10.4 Å². The molecule has 0 aliphatic heterocycles. The Morgan fingerprint density at radius 2 is 1.60 bits per heavy atom. The molecule has 2 rings (SSSR count). The van der Waals surface area contributed by atoms with Gasteiger partial charge in [0.05, 0.1) is 12.1 Å². The molecule has 0 unspecified atom stereocenters. The van der Waals surface area contributed by atoms with E-state index in [4.69, 9.17) is 21.4 Å². The highest BCUT2D eigenvalue weighted by molar-refractivity contribution is 6.30. The van der Waals surface area contributed by atoms with Gasteiger partial charge in [-0.15, -0.1) is 0 Å². The third kappa shape index (κ3) is 6.15. The molecular weight excluding hydrogens is 348 g/mol. The molecule has 0 spiro atoms. The van der Waals surface area contributed by atoms with Gasteiger partial charge in [-0.3, -0.25) is 9.59 Å². The van der Waals surface area contributed by atoms with Gasteiger partial charge < -0.3 is 20.5 Å². The summed E-state index contributed by atoms with van der Waals surface area (Å²) in [7, 11) is 0. The second-order valence-corrected chi connectivity index (χ2v) is 5.39. The molecule has 0 saturated carbocycles. The molecule has 7 nitrogen and oxygen atoms in total. The van der Waals surface area contributed by atoms with E-state index in [9.17, 15) is 14.4 Å². The van der Waals surface area contributed by atoms with Gasteiger partial charge in [0.1, 0.15) is 5.75 Å². The summed E-state index contributed by atoms with van der Waals surface area (Å²) in [4.78, 5) is 34.1. The summed E-state index contributed by atoms with van der Waals surface area (Å²) in [6.07, 6.45) is 0. The molecule has 0 fully saturated rings. The molecule has 0 radical (unpaired) electrons. The molecule has 130 valence electrons. The van der Waals surface area contributed by atoms with Gasteiger partial charge in [-0.05, 0) is 48.5 Å². The van der Waals surface area contributed by atoms with Gasteiger partial charge in [-0.2, -0.15) is 0 Å². The number of rotatable bonds is 7. The fourth-order valence-electron chi connectivity index (χ4n) is 1.81. The summed E-state index contributed by atoms with van der Waals surface area (Å²) in [5.74, 6) is -1.46. The Kier molecular flexibility index (Phi) is 6.36. The van der Waals surface area contributed by atoms with Crippen molar-refractivity contribution < 1.29 is 24.2 Å². The topological polar surface area (TPSA) is 105 Å². The van der Waals surface area contributed by atoms with Crippen molar-refractivity contribution in [3.63, 3.8) is 0 Å². The Bertz CT molecular complexity index is 760. The van der Waals surface area contributed by atoms with Crippen molar-refractivity contribution in [3.8, 4) is 5.75 Å². The van der Waals surface area contributed by atoms with Crippen molar-refractivity contribution in [1.82, 2.24) is 5.32 Å². The number of aromatic carboxylic acids is 1.